The van der Waals surface area contributed by atoms with Crippen molar-refractivity contribution in [2.75, 3.05) is 0 Å². The molecule has 4 heteroatoms. The van der Waals surface area contributed by atoms with Gasteiger partial charge in [-0.2, -0.15) is 0 Å². The van der Waals surface area contributed by atoms with E-state index < -0.39 is 0 Å². The predicted octanol–water partition coefficient (Wildman–Crippen LogP) is 0.462. The van der Waals surface area contributed by atoms with E-state index in [1.165, 1.54) is 6.07 Å². The lowest BCUT2D eigenvalue weighted by atomic mass is 10.2. The Morgan fingerprint density at radius 2 is 1.77 bits per heavy atom. The van der Waals surface area contributed by atoms with Gasteiger partial charge in [-0.3, -0.25) is 0 Å². The summed E-state index contributed by atoms with van der Waals surface area (Å²) in [6, 6.07) is 8.75. The smallest absolute Gasteiger partial charge is 0.254 e. The Balaban J connectivity index is 0.000000845. The minimum Gasteiger partial charge on any atom is -0.503 e. The van der Waals surface area contributed by atoms with E-state index in [1.807, 2.05) is 18.2 Å². The molecular formula is C9H10AlNO2. The van der Waals surface area contributed by atoms with Gasteiger partial charge in [-0.15, -0.1) is 0 Å². The maximum Gasteiger partial charge on any atom is 0.254 e. The lowest BCUT2D eigenvalue weighted by Gasteiger charge is -1.98. The summed E-state index contributed by atoms with van der Waals surface area (Å²) in [5, 5.41) is 19.0. The van der Waals surface area contributed by atoms with Crippen molar-refractivity contribution in [2.45, 2.75) is 0 Å². The largest absolute Gasteiger partial charge is 0.503 e. The molecule has 0 atom stereocenters. The van der Waals surface area contributed by atoms with Gasteiger partial charge in [0.25, 0.3) is 5.88 Å². The lowest BCUT2D eigenvalue weighted by Crippen LogP contribution is -1.78. The average molecular weight is 191 g/mol. The van der Waals surface area contributed by atoms with E-state index in [1.54, 1.807) is 6.07 Å². The summed E-state index contributed by atoms with van der Waals surface area (Å²) in [4.78, 5) is 3.78. The van der Waals surface area contributed by atoms with E-state index in [2.05, 4.69) is 4.98 Å². The van der Waals surface area contributed by atoms with Crippen LogP contribution in [-0.2, 0) is 0 Å². The van der Waals surface area contributed by atoms with Gasteiger partial charge in [0, 0.05) is 5.39 Å². The molecule has 1 heterocycles. The molecule has 0 bridgehead atoms. The van der Waals surface area contributed by atoms with Gasteiger partial charge >= 0.3 is 0 Å². The number of para-hydroxylation sites is 1. The molecule has 0 spiro atoms. The van der Waals surface area contributed by atoms with Gasteiger partial charge in [-0.05, 0) is 12.1 Å². The summed E-state index contributed by atoms with van der Waals surface area (Å²) < 4.78 is 0. The fourth-order valence-corrected chi connectivity index (χ4v) is 1.09. The minimum absolute atomic E-state index is 0. The molecule has 0 amide bonds. The van der Waals surface area contributed by atoms with E-state index in [9.17, 15) is 0 Å². The summed E-state index contributed by atoms with van der Waals surface area (Å²) in [6.07, 6.45) is 0. The predicted molar refractivity (Wildman–Crippen MR) is 55.0 cm³/mol. The standard InChI is InChI=1S/C9H7NO2.Al.3H/c11-8-5-6-3-1-2-4-7(6)10-9(8)12;;;;/h1-5,11H,(H,10,12);;;;. The summed E-state index contributed by atoms with van der Waals surface area (Å²) >= 11 is 0. The van der Waals surface area contributed by atoms with E-state index in [-0.39, 0.29) is 29.0 Å². The molecule has 0 aliphatic carbocycles. The molecule has 66 valence electrons. The number of pyridine rings is 1. The Bertz CT molecular complexity index is 390. The van der Waals surface area contributed by atoms with Crippen LogP contribution in [0.4, 0.5) is 0 Å². The second-order valence-electron chi connectivity index (χ2n) is 2.52. The Morgan fingerprint density at radius 1 is 1.08 bits per heavy atom. The zero-order chi connectivity index (χ0) is 8.55. The molecule has 3 nitrogen and oxygen atoms in total. The normalized spacial score (nSPS) is 9.54. The molecule has 13 heavy (non-hydrogen) atoms. The van der Waals surface area contributed by atoms with Crippen LogP contribution in [0.2, 0.25) is 0 Å². The molecule has 0 aliphatic rings. The van der Waals surface area contributed by atoms with Gasteiger partial charge in [0.2, 0.25) is 0 Å². The summed E-state index contributed by atoms with van der Waals surface area (Å²) in [7, 11) is 0. The molecule has 2 N–H and O–H groups in total. The highest BCUT2D eigenvalue weighted by Crippen LogP contribution is 2.25. The minimum atomic E-state index is -0.325. The number of hydrogen-bond donors (Lipinski definition) is 2. The van der Waals surface area contributed by atoms with Gasteiger partial charge in [-0.25, -0.2) is 4.98 Å². The fourth-order valence-electron chi connectivity index (χ4n) is 1.09. The van der Waals surface area contributed by atoms with Gasteiger partial charge < -0.3 is 10.2 Å². The molecular weight excluding hydrogens is 181 g/mol. The van der Waals surface area contributed by atoms with Crippen molar-refractivity contribution >= 4 is 28.3 Å². The van der Waals surface area contributed by atoms with E-state index in [0.717, 1.165) is 5.39 Å². The number of fused-ring (bicyclic) bond motifs is 1. The zero-order valence-corrected chi connectivity index (χ0v) is 6.23. The molecule has 0 fully saturated rings. The summed E-state index contributed by atoms with van der Waals surface area (Å²) in [5.41, 5.74) is 0.674. The van der Waals surface area contributed by atoms with Crippen molar-refractivity contribution in [3.63, 3.8) is 0 Å². The number of aromatic hydroxyl groups is 2. The highest BCUT2D eigenvalue weighted by molar-refractivity contribution is 5.80. The molecule has 2 rings (SSSR count). The average Bonchev–Trinajstić information content (AvgIpc) is 2.07. The molecule has 0 radical (unpaired) electrons. The Kier molecular flexibility index (Phi) is 2.77. The number of benzene rings is 1. The van der Waals surface area contributed by atoms with Crippen molar-refractivity contribution in [3.05, 3.63) is 30.3 Å². The third-order valence-corrected chi connectivity index (χ3v) is 1.68. The maximum absolute atomic E-state index is 9.10. The van der Waals surface area contributed by atoms with Crippen molar-refractivity contribution < 1.29 is 10.2 Å². The maximum atomic E-state index is 9.10. The molecule has 0 saturated carbocycles. The Morgan fingerprint density at radius 3 is 2.54 bits per heavy atom. The van der Waals surface area contributed by atoms with Crippen molar-refractivity contribution in [1.29, 1.82) is 0 Å². The highest BCUT2D eigenvalue weighted by Gasteiger charge is 2.01. The van der Waals surface area contributed by atoms with Crippen LogP contribution >= 0.6 is 0 Å². The lowest BCUT2D eigenvalue weighted by molar-refractivity contribution is 0.391. The summed E-state index contributed by atoms with van der Waals surface area (Å²) in [5.74, 6) is -0.512. The quantitative estimate of drug-likeness (QED) is 0.595. The van der Waals surface area contributed by atoms with Crippen LogP contribution in [-0.4, -0.2) is 32.6 Å². The first-order valence-corrected chi connectivity index (χ1v) is 3.55. The topological polar surface area (TPSA) is 53.4 Å². The number of hydrogen-bond acceptors (Lipinski definition) is 3. The number of nitrogens with zero attached hydrogens (tertiary/aromatic N) is 1. The molecule has 1 aromatic carbocycles. The molecule has 1 aromatic heterocycles. The van der Waals surface area contributed by atoms with Crippen LogP contribution < -0.4 is 0 Å². The van der Waals surface area contributed by atoms with Crippen LogP contribution in [0.3, 0.4) is 0 Å². The van der Waals surface area contributed by atoms with E-state index in [0.29, 0.717) is 5.52 Å². The molecule has 0 unspecified atom stereocenters. The van der Waals surface area contributed by atoms with Gasteiger partial charge in [0.1, 0.15) is 0 Å². The van der Waals surface area contributed by atoms with E-state index in [4.69, 9.17) is 10.2 Å². The molecule has 0 saturated heterocycles. The number of aromatic nitrogens is 1. The van der Waals surface area contributed by atoms with Gasteiger partial charge in [-0.1, -0.05) is 18.2 Å². The first-order chi connectivity index (χ1) is 5.77. The Labute approximate surface area is 85.8 Å². The van der Waals surface area contributed by atoms with E-state index >= 15 is 0 Å². The van der Waals surface area contributed by atoms with Crippen LogP contribution in [0.5, 0.6) is 11.6 Å². The molecule has 2 aromatic rings. The van der Waals surface area contributed by atoms with Crippen LogP contribution in [0.15, 0.2) is 30.3 Å². The first-order valence-electron chi connectivity index (χ1n) is 3.55. The third-order valence-electron chi connectivity index (χ3n) is 1.68. The first kappa shape index (κ1) is 9.85. The monoisotopic (exact) mass is 191 g/mol. The zero-order valence-electron chi connectivity index (χ0n) is 6.23. The highest BCUT2D eigenvalue weighted by atomic mass is 27.0. The number of rotatable bonds is 0. The third kappa shape index (κ3) is 1.74. The van der Waals surface area contributed by atoms with Crippen molar-refractivity contribution in [2.24, 2.45) is 0 Å². The van der Waals surface area contributed by atoms with Crippen LogP contribution in [0.1, 0.15) is 0 Å². The van der Waals surface area contributed by atoms with Crippen LogP contribution in [0, 0.1) is 0 Å². The second-order valence-corrected chi connectivity index (χ2v) is 2.52. The van der Waals surface area contributed by atoms with Crippen LogP contribution in [0.25, 0.3) is 10.9 Å². The SMILES string of the molecule is Oc1cc2ccccc2nc1O.[AlH3]. The second kappa shape index (κ2) is 3.65. The van der Waals surface area contributed by atoms with Crippen molar-refractivity contribution in [3.8, 4) is 11.6 Å². The fraction of sp³-hybridized carbons (Fsp3) is 0. The van der Waals surface area contributed by atoms with Gasteiger partial charge in [0.15, 0.2) is 23.1 Å². The van der Waals surface area contributed by atoms with Crippen molar-refractivity contribution in [1.82, 2.24) is 4.98 Å². The molecule has 0 aliphatic heterocycles. The Hall–Kier alpha value is -1.24. The summed E-state index contributed by atoms with van der Waals surface area (Å²) in [6.45, 7) is 0. The van der Waals surface area contributed by atoms with Gasteiger partial charge in [0.05, 0.1) is 5.52 Å².